The van der Waals surface area contributed by atoms with Crippen LogP contribution in [0.2, 0.25) is 5.02 Å². The van der Waals surface area contributed by atoms with Gasteiger partial charge in [0.1, 0.15) is 0 Å². The van der Waals surface area contributed by atoms with Gasteiger partial charge in [-0.25, -0.2) is 0 Å². The van der Waals surface area contributed by atoms with Crippen molar-refractivity contribution in [1.29, 1.82) is 0 Å². The zero-order valence-corrected chi connectivity index (χ0v) is 13.3. The summed E-state index contributed by atoms with van der Waals surface area (Å²) >= 11 is 12.3. The van der Waals surface area contributed by atoms with Crippen molar-refractivity contribution in [1.82, 2.24) is 5.32 Å². The van der Waals surface area contributed by atoms with Gasteiger partial charge in [-0.2, -0.15) is 23.5 Å². The standard InChI is InChI=1S/C12H18ClNS3/c1-3-9-12(17-7-6-15-9)10(14-2)11-8(13)4-5-16-11/h4-5,9-10,12,14H,3,6-7H2,1-2H3. The molecule has 0 aliphatic carbocycles. The van der Waals surface area contributed by atoms with Gasteiger partial charge in [-0.1, -0.05) is 18.5 Å². The Kier molecular flexibility index (Phi) is 5.55. The van der Waals surface area contributed by atoms with Crippen molar-refractivity contribution in [2.75, 3.05) is 18.6 Å². The lowest BCUT2D eigenvalue weighted by Gasteiger charge is -2.35. The number of hydrogen-bond acceptors (Lipinski definition) is 4. The monoisotopic (exact) mass is 307 g/mol. The molecule has 0 aromatic carbocycles. The van der Waals surface area contributed by atoms with Gasteiger partial charge in [-0.15, -0.1) is 11.3 Å². The molecule has 0 spiro atoms. The van der Waals surface area contributed by atoms with Crippen molar-refractivity contribution < 1.29 is 0 Å². The predicted molar refractivity (Wildman–Crippen MR) is 83.9 cm³/mol. The average molecular weight is 308 g/mol. The zero-order valence-electron chi connectivity index (χ0n) is 10.1. The maximum Gasteiger partial charge on any atom is 0.0561 e. The van der Waals surface area contributed by atoms with Gasteiger partial charge in [0, 0.05) is 26.9 Å². The summed E-state index contributed by atoms with van der Waals surface area (Å²) < 4.78 is 0. The van der Waals surface area contributed by atoms with Crippen LogP contribution in [-0.2, 0) is 0 Å². The fraction of sp³-hybridized carbons (Fsp3) is 0.667. The Labute approximate surface area is 121 Å². The molecule has 3 atom stereocenters. The number of halogens is 1. The molecular weight excluding hydrogens is 290 g/mol. The molecule has 0 saturated carbocycles. The minimum Gasteiger partial charge on any atom is -0.311 e. The summed E-state index contributed by atoms with van der Waals surface area (Å²) in [5.41, 5.74) is 0. The molecular formula is C12H18ClNS3. The highest BCUT2D eigenvalue weighted by atomic mass is 35.5. The number of nitrogens with one attached hydrogen (secondary N) is 1. The predicted octanol–water partition coefficient (Wildman–Crippen LogP) is 4.29. The Morgan fingerprint density at radius 3 is 2.82 bits per heavy atom. The van der Waals surface area contributed by atoms with E-state index in [1.54, 1.807) is 11.3 Å². The van der Waals surface area contributed by atoms with Crippen molar-refractivity contribution in [3.8, 4) is 0 Å². The van der Waals surface area contributed by atoms with E-state index in [0.29, 0.717) is 11.3 Å². The molecule has 0 radical (unpaired) electrons. The van der Waals surface area contributed by atoms with Crippen LogP contribution in [0.1, 0.15) is 24.3 Å². The van der Waals surface area contributed by atoms with Gasteiger partial charge in [0.05, 0.1) is 11.1 Å². The zero-order chi connectivity index (χ0) is 12.3. The van der Waals surface area contributed by atoms with Crippen molar-refractivity contribution in [2.24, 2.45) is 0 Å². The third-order valence-corrected chi connectivity index (χ3v) is 7.85. The quantitative estimate of drug-likeness (QED) is 0.891. The summed E-state index contributed by atoms with van der Waals surface area (Å²) in [6.07, 6.45) is 1.24. The summed E-state index contributed by atoms with van der Waals surface area (Å²) in [5, 5.41) is 7.85. The number of thiophene rings is 1. The van der Waals surface area contributed by atoms with Gasteiger partial charge >= 0.3 is 0 Å². The highest BCUT2D eigenvalue weighted by molar-refractivity contribution is 8.07. The van der Waals surface area contributed by atoms with Gasteiger partial charge in [0.15, 0.2) is 0 Å². The Balaban J connectivity index is 2.19. The van der Waals surface area contributed by atoms with Gasteiger partial charge in [-0.3, -0.25) is 0 Å². The van der Waals surface area contributed by atoms with Crippen LogP contribution in [0.25, 0.3) is 0 Å². The van der Waals surface area contributed by atoms with Crippen molar-refractivity contribution in [3.63, 3.8) is 0 Å². The van der Waals surface area contributed by atoms with E-state index in [0.717, 1.165) is 10.3 Å². The van der Waals surface area contributed by atoms with E-state index in [1.807, 2.05) is 13.1 Å². The van der Waals surface area contributed by atoms with E-state index < -0.39 is 0 Å². The van der Waals surface area contributed by atoms with Crippen molar-refractivity contribution in [3.05, 3.63) is 21.3 Å². The van der Waals surface area contributed by atoms with E-state index in [1.165, 1.54) is 22.8 Å². The third kappa shape index (κ3) is 3.16. The van der Waals surface area contributed by atoms with Crippen LogP contribution in [0.3, 0.4) is 0 Å². The second kappa shape index (κ2) is 6.71. The second-order valence-electron chi connectivity index (χ2n) is 4.05. The van der Waals surface area contributed by atoms with E-state index in [9.17, 15) is 0 Å². The Morgan fingerprint density at radius 1 is 1.47 bits per heavy atom. The molecule has 17 heavy (non-hydrogen) atoms. The minimum atomic E-state index is 0.394. The third-order valence-electron chi connectivity index (χ3n) is 3.06. The topological polar surface area (TPSA) is 12.0 Å². The Hall–Kier alpha value is 0.650. The van der Waals surface area contributed by atoms with E-state index in [-0.39, 0.29) is 0 Å². The van der Waals surface area contributed by atoms with Gasteiger partial charge in [-0.05, 0) is 24.9 Å². The van der Waals surface area contributed by atoms with E-state index in [4.69, 9.17) is 11.6 Å². The summed E-state index contributed by atoms with van der Waals surface area (Å²) in [6.45, 7) is 2.29. The molecule has 1 aliphatic heterocycles. The first-order chi connectivity index (χ1) is 8.27. The van der Waals surface area contributed by atoms with Crippen LogP contribution in [0.15, 0.2) is 11.4 Å². The van der Waals surface area contributed by atoms with E-state index >= 15 is 0 Å². The highest BCUT2D eigenvalue weighted by Gasteiger charge is 2.33. The molecule has 3 unspecified atom stereocenters. The number of thioether (sulfide) groups is 2. The van der Waals surface area contributed by atoms with Crippen LogP contribution in [0.4, 0.5) is 0 Å². The van der Waals surface area contributed by atoms with Crippen LogP contribution >= 0.6 is 46.5 Å². The maximum absolute atomic E-state index is 6.28. The Bertz CT molecular complexity index is 355. The SMILES string of the molecule is CCC1SCCSC1C(NC)c1sccc1Cl. The number of rotatable bonds is 4. The summed E-state index contributed by atoms with van der Waals surface area (Å²) in [4.78, 5) is 1.30. The molecule has 0 bridgehead atoms. The van der Waals surface area contributed by atoms with Gasteiger partial charge in [0.25, 0.3) is 0 Å². The molecule has 1 N–H and O–H groups in total. The maximum atomic E-state index is 6.28. The van der Waals surface area contributed by atoms with Crippen LogP contribution < -0.4 is 5.32 Å². The lowest BCUT2D eigenvalue weighted by Crippen LogP contribution is -2.37. The molecule has 2 heterocycles. The van der Waals surface area contributed by atoms with Crippen LogP contribution in [0.5, 0.6) is 0 Å². The average Bonchev–Trinajstić information content (AvgIpc) is 2.78. The highest BCUT2D eigenvalue weighted by Crippen LogP contribution is 2.43. The molecule has 1 nitrogen and oxygen atoms in total. The van der Waals surface area contributed by atoms with Crippen LogP contribution in [0, 0.1) is 0 Å². The smallest absolute Gasteiger partial charge is 0.0561 e. The fourth-order valence-electron chi connectivity index (χ4n) is 2.22. The van der Waals surface area contributed by atoms with Crippen LogP contribution in [-0.4, -0.2) is 29.1 Å². The largest absolute Gasteiger partial charge is 0.311 e. The first-order valence-electron chi connectivity index (χ1n) is 5.91. The summed E-state index contributed by atoms with van der Waals surface area (Å²) in [7, 11) is 2.05. The fourth-order valence-corrected chi connectivity index (χ4v) is 6.91. The molecule has 1 aromatic rings. The second-order valence-corrected chi connectivity index (χ2v) is 8.04. The minimum absolute atomic E-state index is 0.394. The lowest BCUT2D eigenvalue weighted by molar-refractivity contribution is 0.551. The molecule has 0 amide bonds. The van der Waals surface area contributed by atoms with E-state index in [2.05, 4.69) is 41.1 Å². The summed E-state index contributed by atoms with van der Waals surface area (Å²) in [5.74, 6) is 2.54. The Morgan fingerprint density at radius 2 is 2.24 bits per heavy atom. The molecule has 96 valence electrons. The molecule has 1 saturated heterocycles. The number of hydrogen-bond donors (Lipinski definition) is 1. The van der Waals surface area contributed by atoms with Crippen molar-refractivity contribution in [2.45, 2.75) is 29.9 Å². The normalized spacial score (nSPS) is 27.0. The van der Waals surface area contributed by atoms with Gasteiger partial charge in [0.2, 0.25) is 0 Å². The molecule has 2 rings (SSSR count). The van der Waals surface area contributed by atoms with Crippen molar-refractivity contribution >= 4 is 46.5 Å². The molecule has 5 heteroatoms. The molecule has 1 aliphatic rings. The first kappa shape index (κ1) is 14.1. The lowest BCUT2D eigenvalue weighted by atomic mass is 10.1. The van der Waals surface area contributed by atoms with Gasteiger partial charge < -0.3 is 5.32 Å². The first-order valence-corrected chi connectivity index (χ1v) is 9.26. The molecule has 1 fully saturated rings. The summed E-state index contributed by atoms with van der Waals surface area (Å²) in [6, 6.07) is 2.40. The molecule has 1 aromatic heterocycles.